The lowest BCUT2D eigenvalue weighted by molar-refractivity contribution is 0.0837. The van der Waals surface area contributed by atoms with Crippen LogP contribution in [0.5, 0.6) is 11.6 Å². The molecule has 0 amide bonds. The summed E-state index contributed by atoms with van der Waals surface area (Å²) >= 11 is 0. The molecule has 1 unspecified atom stereocenters. The van der Waals surface area contributed by atoms with Crippen LogP contribution < -0.4 is 19.7 Å². The number of piperazine rings is 1. The molecule has 5 nitrogen and oxygen atoms in total. The number of pyridine rings is 1. The Morgan fingerprint density at radius 3 is 3.06 bits per heavy atom. The number of rotatable bonds is 2. The van der Waals surface area contributed by atoms with Crippen molar-refractivity contribution < 1.29 is 9.47 Å². The van der Waals surface area contributed by atoms with Gasteiger partial charge in [-0.05, 0) is 6.42 Å². The molecule has 0 saturated carbocycles. The average Bonchev–Trinajstić information content (AvgIpc) is 2.47. The van der Waals surface area contributed by atoms with Gasteiger partial charge in [-0.3, -0.25) is 0 Å². The Hall–Kier alpha value is -1.49. The number of ether oxygens (including phenoxy) is 2. The van der Waals surface area contributed by atoms with Crippen LogP contribution in [-0.2, 0) is 0 Å². The fourth-order valence-electron chi connectivity index (χ4n) is 2.30. The van der Waals surface area contributed by atoms with Gasteiger partial charge in [-0.15, -0.1) is 0 Å². The van der Waals surface area contributed by atoms with Crippen LogP contribution in [-0.4, -0.2) is 43.9 Å². The minimum Gasteiger partial charge on any atom is -0.481 e. The Morgan fingerprint density at radius 1 is 1.44 bits per heavy atom. The molecule has 2 aliphatic heterocycles. The maximum Gasteiger partial charge on any atom is 0.257 e. The Balaban J connectivity index is 1.81. The van der Waals surface area contributed by atoms with Crippen LogP contribution in [0.15, 0.2) is 12.3 Å². The molecule has 1 atom stereocenters. The largest absolute Gasteiger partial charge is 0.481 e. The molecule has 98 valence electrons. The van der Waals surface area contributed by atoms with Gasteiger partial charge in [-0.25, -0.2) is 4.98 Å². The predicted molar refractivity (Wildman–Crippen MR) is 69.5 cm³/mol. The monoisotopic (exact) mass is 249 g/mol. The van der Waals surface area contributed by atoms with E-state index in [1.165, 1.54) is 0 Å². The van der Waals surface area contributed by atoms with E-state index < -0.39 is 0 Å². The van der Waals surface area contributed by atoms with E-state index in [-0.39, 0.29) is 6.10 Å². The molecule has 0 spiro atoms. The topological polar surface area (TPSA) is 46.6 Å². The zero-order chi connectivity index (χ0) is 12.4. The number of hydrogen-bond donors (Lipinski definition) is 1. The van der Waals surface area contributed by atoms with Crippen LogP contribution >= 0.6 is 0 Å². The van der Waals surface area contributed by atoms with Crippen molar-refractivity contribution in [2.24, 2.45) is 0 Å². The lowest BCUT2D eigenvalue weighted by atomic mass is 10.2. The summed E-state index contributed by atoms with van der Waals surface area (Å²) in [5, 5.41) is 3.34. The lowest BCUT2D eigenvalue weighted by Gasteiger charge is -2.31. The van der Waals surface area contributed by atoms with Gasteiger partial charge in [0.05, 0.1) is 11.9 Å². The predicted octanol–water partition coefficient (Wildman–Crippen LogP) is 1.04. The summed E-state index contributed by atoms with van der Waals surface area (Å²) in [6.07, 6.45) is 2.98. The first kappa shape index (κ1) is 11.6. The van der Waals surface area contributed by atoms with Gasteiger partial charge >= 0.3 is 0 Å². The minimum atomic E-state index is 0.151. The summed E-state index contributed by atoms with van der Waals surface area (Å²) in [4.78, 5) is 6.68. The first-order valence-corrected chi connectivity index (χ1v) is 6.62. The molecule has 0 radical (unpaired) electrons. The molecular weight excluding hydrogens is 230 g/mol. The minimum absolute atomic E-state index is 0.151. The van der Waals surface area contributed by atoms with E-state index in [4.69, 9.17) is 9.47 Å². The number of fused-ring (bicyclic) bond motifs is 1. The van der Waals surface area contributed by atoms with E-state index in [1.807, 2.05) is 6.20 Å². The van der Waals surface area contributed by atoms with Crippen molar-refractivity contribution >= 4 is 5.69 Å². The molecule has 1 N–H and O–H groups in total. The Morgan fingerprint density at radius 2 is 2.28 bits per heavy atom. The standard InChI is InChI=1S/C13H19N3O2/c1-2-11-9-17-13-12(18-11)7-10(8-15-13)16-5-3-14-4-6-16/h7-8,11,14H,2-6,9H2,1H3. The van der Waals surface area contributed by atoms with E-state index in [2.05, 4.69) is 28.2 Å². The first-order valence-electron chi connectivity index (χ1n) is 6.62. The van der Waals surface area contributed by atoms with Crippen molar-refractivity contribution in [3.63, 3.8) is 0 Å². The molecule has 1 aromatic rings. The van der Waals surface area contributed by atoms with Crippen molar-refractivity contribution in [1.29, 1.82) is 0 Å². The molecule has 3 heterocycles. The van der Waals surface area contributed by atoms with Crippen molar-refractivity contribution in [2.75, 3.05) is 37.7 Å². The van der Waals surface area contributed by atoms with Gasteiger partial charge in [0, 0.05) is 32.2 Å². The van der Waals surface area contributed by atoms with Crippen LogP contribution in [0.4, 0.5) is 5.69 Å². The Kier molecular flexibility index (Phi) is 3.23. The summed E-state index contributed by atoms with van der Waals surface area (Å²) in [7, 11) is 0. The normalized spacial score (nSPS) is 22.9. The van der Waals surface area contributed by atoms with E-state index in [9.17, 15) is 0 Å². The summed E-state index contributed by atoms with van der Waals surface area (Å²) in [5.41, 5.74) is 1.12. The third kappa shape index (κ3) is 2.22. The zero-order valence-corrected chi connectivity index (χ0v) is 10.7. The van der Waals surface area contributed by atoms with Crippen LogP contribution in [0.3, 0.4) is 0 Å². The number of aromatic nitrogens is 1. The molecule has 0 aliphatic carbocycles. The second-order valence-corrected chi connectivity index (χ2v) is 4.69. The summed E-state index contributed by atoms with van der Waals surface area (Å²) in [5.74, 6) is 1.41. The third-order valence-electron chi connectivity index (χ3n) is 3.44. The van der Waals surface area contributed by atoms with Crippen LogP contribution in [0.2, 0.25) is 0 Å². The van der Waals surface area contributed by atoms with Gasteiger partial charge in [0.1, 0.15) is 12.7 Å². The quantitative estimate of drug-likeness (QED) is 0.848. The highest BCUT2D eigenvalue weighted by Crippen LogP contribution is 2.33. The average molecular weight is 249 g/mol. The van der Waals surface area contributed by atoms with Crippen molar-refractivity contribution in [3.05, 3.63) is 12.3 Å². The fraction of sp³-hybridized carbons (Fsp3) is 0.615. The second kappa shape index (κ2) is 5.02. The maximum absolute atomic E-state index is 5.88. The summed E-state index contributed by atoms with van der Waals surface area (Å²) in [6, 6.07) is 2.05. The molecule has 0 aromatic carbocycles. The van der Waals surface area contributed by atoms with E-state index in [0.717, 1.165) is 44.0 Å². The van der Waals surface area contributed by atoms with Gasteiger partial charge in [-0.2, -0.15) is 0 Å². The zero-order valence-electron chi connectivity index (χ0n) is 10.7. The highest BCUT2D eigenvalue weighted by atomic mass is 16.6. The molecule has 1 aromatic heterocycles. The van der Waals surface area contributed by atoms with Gasteiger partial charge < -0.3 is 19.7 Å². The molecule has 1 fully saturated rings. The molecule has 2 aliphatic rings. The number of nitrogens with one attached hydrogen (secondary N) is 1. The second-order valence-electron chi connectivity index (χ2n) is 4.69. The smallest absolute Gasteiger partial charge is 0.257 e. The van der Waals surface area contributed by atoms with Gasteiger partial charge in [0.2, 0.25) is 0 Å². The van der Waals surface area contributed by atoms with Crippen molar-refractivity contribution in [2.45, 2.75) is 19.4 Å². The van der Waals surface area contributed by atoms with E-state index >= 15 is 0 Å². The van der Waals surface area contributed by atoms with E-state index in [0.29, 0.717) is 12.5 Å². The lowest BCUT2D eigenvalue weighted by Crippen LogP contribution is -2.43. The highest BCUT2D eigenvalue weighted by Gasteiger charge is 2.22. The Bertz CT molecular complexity index is 419. The van der Waals surface area contributed by atoms with Crippen LogP contribution in [0, 0.1) is 0 Å². The van der Waals surface area contributed by atoms with Crippen LogP contribution in [0.25, 0.3) is 0 Å². The van der Waals surface area contributed by atoms with Gasteiger partial charge in [0.15, 0.2) is 5.75 Å². The number of nitrogens with zero attached hydrogens (tertiary/aromatic N) is 2. The number of anilines is 1. The molecule has 5 heteroatoms. The molecule has 18 heavy (non-hydrogen) atoms. The molecular formula is C13H19N3O2. The highest BCUT2D eigenvalue weighted by molar-refractivity contribution is 5.53. The van der Waals surface area contributed by atoms with Gasteiger partial charge in [-0.1, -0.05) is 6.92 Å². The fourth-order valence-corrected chi connectivity index (χ4v) is 2.30. The maximum atomic E-state index is 5.88. The number of hydrogen-bond acceptors (Lipinski definition) is 5. The Labute approximate surface area is 107 Å². The summed E-state index contributed by atoms with van der Waals surface area (Å²) in [6.45, 7) is 6.77. The summed E-state index contributed by atoms with van der Waals surface area (Å²) < 4.78 is 11.5. The molecule has 0 bridgehead atoms. The van der Waals surface area contributed by atoms with Crippen LogP contribution in [0.1, 0.15) is 13.3 Å². The SMILES string of the molecule is CCC1COc2ncc(N3CCNCC3)cc2O1. The molecule has 1 saturated heterocycles. The molecule has 3 rings (SSSR count). The van der Waals surface area contributed by atoms with E-state index in [1.54, 1.807) is 0 Å². The third-order valence-corrected chi connectivity index (χ3v) is 3.44. The van der Waals surface area contributed by atoms with Crippen molar-refractivity contribution in [1.82, 2.24) is 10.3 Å². The van der Waals surface area contributed by atoms with Gasteiger partial charge in [0.25, 0.3) is 5.88 Å². The van der Waals surface area contributed by atoms with Crippen molar-refractivity contribution in [3.8, 4) is 11.6 Å². The first-order chi connectivity index (χ1) is 8.86.